The van der Waals surface area contributed by atoms with Crippen molar-refractivity contribution >= 4 is 34.9 Å². The molecule has 0 unspecified atom stereocenters. The Morgan fingerprint density at radius 1 is 0.839 bits per heavy atom. The van der Waals surface area contributed by atoms with Crippen molar-refractivity contribution in [3.05, 3.63) is 99.1 Å². The fraction of sp³-hybridized carbons (Fsp3) is 0.160. The molecule has 0 saturated carbocycles. The summed E-state index contributed by atoms with van der Waals surface area (Å²) in [5, 5.41) is 5.97. The Labute approximate surface area is 186 Å². The molecule has 0 saturated heterocycles. The van der Waals surface area contributed by atoms with Crippen LogP contribution in [0.15, 0.2) is 60.7 Å². The first-order valence-corrected chi connectivity index (χ1v) is 10.2. The molecule has 0 bridgehead atoms. The van der Waals surface area contributed by atoms with Gasteiger partial charge in [0.1, 0.15) is 0 Å². The molecule has 3 rings (SSSR count). The number of ketones is 1. The molecule has 0 spiro atoms. The number of carbonyl (C=O) groups is 3. The van der Waals surface area contributed by atoms with E-state index < -0.39 is 5.91 Å². The maximum absolute atomic E-state index is 12.9. The van der Waals surface area contributed by atoms with Crippen LogP contribution in [0, 0.1) is 20.8 Å². The number of hydrogen-bond acceptors (Lipinski definition) is 3. The number of benzene rings is 3. The second-order valence-corrected chi connectivity index (χ2v) is 7.82. The summed E-state index contributed by atoms with van der Waals surface area (Å²) in [6.45, 7) is 5.63. The van der Waals surface area contributed by atoms with Crippen LogP contribution < -0.4 is 10.6 Å². The third-order valence-electron chi connectivity index (χ3n) is 4.87. The van der Waals surface area contributed by atoms with Crippen molar-refractivity contribution < 1.29 is 14.4 Å². The lowest BCUT2D eigenvalue weighted by atomic mass is 9.98. The number of nitrogens with one attached hydrogen (secondary N) is 2. The van der Waals surface area contributed by atoms with Gasteiger partial charge in [0, 0.05) is 21.8 Å². The molecule has 0 atom stereocenters. The molecule has 3 aromatic rings. The van der Waals surface area contributed by atoms with Gasteiger partial charge in [-0.1, -0.05) is 47.5 Å². The molecule has 3 aromatic carbocycles. The number of carbonyl (C=O) groups excluding carboxylic acids is 3. The summed E-state index contributed by atoms with van der Waals surface area (Å²) in [6.07, 6.45) is 0. The van der Waals surface area contributed by atoms with Gasteiger partial charge in [-0.05, 0) is 62.2 Å². The van der Waals surface area contributed by atoms with Crippen LogP contribution in [0.1, 0.15) is 43.0 Å². The summed E-state index contributed by atoms with van der Waals surface area (Å²) in [5.41, 5.74) is 4.65. The van der Waals surface area contributed by atoms with E-state index in [1.807, 2.05) is 32.9 Å². The Kier molecular flexibility index (Phi) is 6.88. The second-order valence-electron chi connectivity index (χ2n) is 7.39. The van der Waals surface area contributed by atoms with E-state index in [0.717, 1.165) is 22.4 Å². The minimum absolute atomic E-state index is 0.206. The maximum atomic E-state index is 12.9. The van der Waals surface area contributed by atoms with Gasteiger partial charge in [-0.25, -0.2) is 0 Å². The van der Waals surface area contributed by atoms with Crippen molar-refractivity contribution in [1.82, 2.24) is 5.32 Å². The van der Waals surface area contributed by atoms with Crippen molar-refractivity contribution in [3.63, 3.8) is 0 Å². The molecular formula is C25H23ClN2O3. The maximum Gasteiger partial charge on any atom is 0.252 e. The van der Waals surface area contributed by atoms with Gasteiger partial charge in [-0.3, -0.25) is 14.4 Å². The Balaban J connectivity index is 1.71. The fourth-order valence-electron chi connectivity index (χ4n) is 3.45. The van der Waals surface area contributed by atoms with Crippen LogP contribution >= 0.6 is 11.6 Å². The standard InChI is InChI=1S/C25H23ClN2O3/c1-15-12-16(2)23(17(3)13-15)28-22(29)14-27-25(31)21-7-5-4-6-20(21)24(30)18-8-10-19(26)11-9-18/h4-13H,14H2,1-3H3,(H,27,31)(H,28,29). The van der Waals surface area contributed by atoms with E-state index in [1.54, 1.807) is 48.5 Å². The minimum atomic E-state index is -0.495. The normalized spacial score (nSPS) is 10.5. The Morgan fingerprint density at radius 2 is 1.42 bits per heavy atom. The third kappa shape index (κ3) is 5.38. The monoisotopic (exact) mass is 434 g/mol. The van der Waals surface area contributed by atoms with Gasteiger partial charge in [-0.15, -0.1) is 0 Å². The summed E-state index contributed by atoms with van der Waals surface area (Å²) in [4.78, 5) is 38.0. The van der Waals surface area contributed by atoms with E-state index in [9.17, 15) is 14.4 Å². The zero-order chi connectivity index (χ0) is 22.5. The quantitative estimate of drug-likeness (QED) is 0.544. The molecule has 0 aromatic heterocycles. The summed E-state index contributed by atoms with van der Waals surface area (Å²) in [5.74, 6) is -1.13. The summed E-state index contributed by atoms with van der Waals surface area (Å²) < 4.78 is 0. The first kappa shape index (κ1) is 22.2. The summed E-state index contributed by atoms with van der Waals surface area (Å²) in [7, 11) is 0. The highest BCUT2D eigenvalue weighted by molar-refractivity contribution is 6.30. The topological polar surface area (TPSA) is 75.3 Å². The Bertz CT molecular complexity index is 1130. The lowest BCUT2D eigenvalue weighted by Gasteiger charge is -2.14. The molecule has 158 valence electrons. The number of hydrogen-bond donors (Lipinski definition) is 2. The van der Waals surface area contributed by atoms with Crippen molar-refractivity contribution in [1.29, 1.82) is 0 Å². The molecule has 0 heterocycles. The van der Waals surface area contributed by atoms with Gasteiger partial charge >= 0.3 is 0 Å². The molecule has 0 aliphatic rings. The first-order valence-electron chi connectivity index (χ1n) is 9.81. The van der Waals surface area contributed by atoms with Crippen LogP contribution in [-0.2, 0) is 4.79 Å². The van der Waals surface area contributed by atoms with E-state index in [0.29, 0.717) is 10.6 Å². The first-order chi connectivity index (χ1) is 14.8. The molecule has 2 amide bonds. The zero-order valence-electron chi connectivity index (χ0n) is 17.6. The SMILES string of the molecule is Cc1cc(C)c(NC(=O)CNC(=O)c2ccccc2C(=O)c2ccc(Cl)cc2)c(C)c1. The van der Waals surface area contributed by atoms with Gasteiger partial charge in [0.15, 0.2) is 5.78 Å². The zero-order valence-corrected chi connectivity index (χ0v) is 18.3. The summed E-state index contributed by atoms with van der Waals surface area (Å²) >= 11 is 5.89. The average Bonchev–Trinajstić information content (AvgIpc) is 2.74. The van der Waals surface area contributed by atoms with Crippen LogP contribution in [0.4, 0.5) is 5.69 Å². The number of rotatable bonds is 6. The second kappa shape index (κ2) is 9.58. The van der Waals surface area contributed by atoms with E-state index in [1.165, 1.54) is 0 Å². The van der Waals surface area contributed by atoms with Crippen LogP contribution in [-0.4, -0.2) is 24.1 Å². The average molecular weight is 435 g/mol. The smallest absolute Gasteiger partial charge is 0.252 e. The lowest BCUT2D eigenvalue weighted by Crippen LogP contribution is -2.34. The van der Waals surface area contributed by atoms with Crippen LogP contribution in [0.25, 0.3) is 0 Å². The predicted molar refractivity (Wildman–Crippen MR) is 123 cm³/mol. The van der Waals surface area contributed by atoms with Crippen LogP contribution in [0.5, 0.6) is 0 Å². The van der Waals surface area contributed by atoms with Gasteiger partial charge in [0.25, 0.3) is 5.91 Å². The summed E-state index contributed by atoms with van der Waals surface area (Å²) in [6, 6.07) is 16.9. The van der Waals surface area contributed by atoms with E-state index in [4.69, 9.17) is 11.6 Å². The number of anilines is 1. The molecule has 5 nitrogen and oxygen atoms in total. The fourth-order valence-corrected chi connectivity index (χ4v) is 3.58. The highest BCUT2D eigenvalue weighted by Crippen LogP contribution is 2.22. The highest BCUT2D eigenvalue weighted by atomic mass is 35.5. The highest BCUT2D eigenvalue weighted by Gasteiger charge is 2.19. The third-order valence-corrected chi connectivity index (χ3v) is 5.13. The minimum Gasteiger partial charge on any atom is -0.343 e. The molecule has 0 aliphatic heterocycles. The molecule has 6 heteroatoms. The van der Waals surface area contributed by atoms with Crippen molar-refractivity contribution in [3.8, 4) is 0 Å². The molecule has 0 aliphatic carbocycles. The number of halogens is 1. The number of aryl methyl sites for hydroxylation is 3. The largest absolute Gasteiger partial charge is 0.343 e. The van der Waals surface area contributed by atoms with Crippen molar-refractivity contribution in [2.24, 2.45) is 0 Å². The Morgan fingerprint density at radius 3 is 2.03 bits per heavy atom. The van der Waals surface area contributed by atoms with Crippen LogP contribution in [0.2, 0.25) is 5.02 Å². The van der Waals surface area contributed by atoms with Gasteiger partial charge < -0.3 is 10.6 Å². The predicted octanol–water partition coefficient (Wildman–Crippen LogP) is 4.86. The molecule has 0 fully saturated rings. The van der Waals surface area contributed by atoms with E-state index >= 15 is 0 Å². The van der Waals surface area contributed by atoms with Gasteiger partial charge in [0.2, 0.25) is 5.91 Å². The molecular weight excluding hydrogens is 412 g/mol. The molecule has 0 radical (unpaired) electrons. The van der Waals surface area contributed by atoms with Gasteiger partial charge in [0.05, 0.1) is 12.1 Å². The number of amides is 2. The van der Waals surface area contributed by atoms with Crippen LogP contribution in [0.3, 0.4) is 0 Å². The Hall–Kier alpha value is -3.44. The lowest BCUT2D eigenvalue weighted by molar-refractivity contribution is -0.115. The van der Waals surface area contributed by atoms with E-state index in [2.05, 4.69) is 10.6 Å². The van der Waals surface area contributed by atoms with Gasteiger partial charge in [-0.2, -0.15) is 0 Å². The van der Waals surface area contributed by atoms with Crippen molar-refractivity contribution in [2.75, 3.05) is 11.9 Å². The molecule has 2 N–H and O–H groups in total. The molecule has 31 heavy (non-hydrogen) atoms. The van der Waals surface area contributed by atoms with Crippen molar-refractivity contribution in [2.45, 2.75) is 20.8 Å². The van der Waals surface area contributed by atoms with E-state index in [-0.39, 0.29) is 29.4 Å².